The second kappa shape index (κ2) is 8.85. The third kappa shape index (κ3) is 4.06. The number of rotatable bonds is 5. The van der Waals surface area contributed by atoms with Gasteiger partial charge in [-0.25, -0.2) is 18.7 Å². The zero-order valence-electron chi connectivity index (χ0n) is 17.5. The third-order valence-electron chi connectivity index (χ3n) is 5.78. The lowest BCUT2D eigenvalue weighted by molar-refractivity contribution is -0.124. The van der Waals surface area contributed by atoms with Crippen molar-refractivity contribution in [2.24, 2.45) is 4.99 Å². The smallest absolute Gasteiger partial charge is 0.273 e. The predicted octanol–water partition coefficient (Wildman–Crippen LogP) is 0.810. The van der Waals surface area contributed by atoms with E-state index in [1.165, 1.54) is 18.3 Å². The first kappa shape index (κ1) is 22.2. The first-order valence-corrected chi connectivity index (χ1v) is 10.1. The van der Waals surface area contributed by atoms with E-state index in [-0.39, 0.29) is 36.9 Å². The number of fused-ring (bicyclic) bond motifs is 1. The molecule has 1 aromatic heterocycles. The molecule has 170 valence electrons. The molecule has 0 radical (unpaired) electrons. The van der Waals surface area contributed by atoms with Gasteiger partial charge in [0.15, 0.2) is 0 Å². The maximum atomic E-state index is 14.2. The largest absolute Gasteiger partial charge is 0.388 e. The number of anilines is 1. The van der Waals surface area contributed by atoms with E-state index in [0.717, 1.165) is 18.2 Å². The number of carbonyl (C=O) groups excluding carboxylic acids is 1. The quantitative estimate of drug-likeness (QED) is 0.620. The predicted molar refractivity (Wildman–Crippen MR) is 110 cm³/mol. The van der Waals surface area contributed by atoms with Crippen LogP contribution in [-0.2, 0) is 16.1 Å². The van der Waals surface area contributed by atoms with Gasteiger partial charge in [0.05, 0.1) is 43.1 Å². The Morgan fingerprint density at radius 2 is 2.06 bits per heavy atom. The van der Waals surface area contributed by atoms with Gasteiger partial charge in [0.2, 0.25) is 0 Å². The molecule has 0 unspecified atom stereocenters. The molecule has 0 aliphatic carbocycles. The molecule has 2 aliphatic heterocycles. The lowest BCUT2D eigenvalue weighted by Gasteiger charge is -2.33. The van der Waals surface area contributed by atoms with Crippen LogP contribution in [-0.4, -0.2) is 75.2 Å². The summed E-state index contributed by atoms with van der Waals surface area (Å²) in [6, 6.07) is 1.66. The van der Waals surface area contributed by atoms with E-state index in [2.05, 4.69) is 20.3 Å². The minimum absolute atomic E-state index is 0.0196. The number of nitrogens with zero attached hydrogens (tertiary/aromatic N) is 4. The summed E-state index contributed by atoms with van der Waals surface area (Å²) in [5.41, 5.74) is 0.985. The zero-order chi connectivity index (χ0) is 23.0. The van der Waals surface area contributed by atoms with Crippen molar-refractivity contribution >= 4 is 17.4 Å². The average Bonchev–Trinajstić information content (AvgIpc) is 3.22. The number of aliphatic hydroxyl groups excluding tert-OH is 2. The first-order chi connectivity index (χ1) is 15.3. The molecule has 2 aromatic rings. The number of halogens is 2. The molecule has 3 N–H and O–H groups in total. The van der Waals surface area contributed by atoms with Gasteiger partial charge in [0, 0.05) is 12.6 Å². The number of aliphatic imine (C=N–C) groups is 1. The van der Waals surface area contributed by atoms with Crippen molar-refractivity contribution in [2.75, 3.05) is 25.6 Å². The minimum atomic E-state index is -1.09. The molecule has 1 saturated heterocycles. The number of hydrogen-bond acceptors (Lipinski definition) is 8. The van der Waals surface area contributed by atoms with Crippen LogP contribution in [0, 0.1) is 11.6 Å². The van der Waals surface area contributed by atoms with Crippen molar-refractivity contribution in [3.63, 3.8) is 0 Å². The summed E-state index contributed by atoms with van der Waals surface area (Å²) in [6.45, 7) is 1.89. The summed E-state index contributed by atoms with van der Waals surface area (Å²) >= 11 is 0. The fourth-order valence-corrected chi connectivity index (χ4v) is 3.78. The second-order valence-corrected chi connectivity index (χ2v) is 7.81. The van der Waals surface area contributed by atoms with Crippen LogP contribution in [0.4, 0.5) is 14.6 Å². The van der Waals surface area contributed by atoms with Crippen molar-refractivity contribution in [1.29, 1.82) is 0 Å². The molecular formula is C21H23F2N5O4. The average molecular weight is 447 g/mol. The van der Waals surface area contributed by atoms with Crippen LogP contribution in [0.2, 0.25) is 0 Å². The summed E-state index contributed by atoms with van der Waals surface area (Å²) in [7, 11) is 1.48. The maximum Gasteiger partial charge on any atom is 0.273 e. The summed E-state index contributed by atoms with van der Waals surface area (Å²) < 4.78 is 33.2. The van der Waals surface area contributed by atoms with Crippen molar-refractivity contribution in [2.45, 2.75) is 37.8 Å². The molecule has 1 amide bonds. The van der Waals surface area contributed by atoms with Gasteiger partial charge in [-0.05, 0) is 25.1 Å². The number of amides is 1. The summed E-state index contributed by atoms with van der Waals surface area (Å²) in [5, 5.41) is 23.1. The highest BCUT2D eigenvalue weighted by atomic mass is 19.1. The lowest BCUT2D eigenvalue weighted by atomic mass is 10.0. The van der Waals surface area contributed by atoms with Crippen LogP contribution in [0.15, 0.2) is 29.5 Å². The zero-order valence-corrected chi connectivity index (χ0v) is 17.5. The Morgan fingerprint density at radius 1 is 1.28 bits per heavy atom. The molecule has 2 aliphatic rings. The van der Waals surface area contributed by atoms with Gasteiger partial charge in [0.25, 0.3) is 5.91 Å². The SMILES string of the molecule is C[C@H](c1cc(F)ccc1F)N(C)C(=O)C1=NCc2ncnc(N[C@@H]3COC[C@@H](O)[C@H]3O)c21. The monoisotopic (exact) mass is 447 g/mol. The number of nitrogens with one attached hydrogen (secondary N) is 1. The van der Waals surface area contributed by atoms with Crippen molar-refractivity contribution in [1.82, 2.24) is 14.9 Å². The van der Waals surface area contributed by atoms with Crippen LogP contribution in [0.3, 0.4) is 0 Å². The van der Waals surface area contributed by atoms with Crippen LogP contribution < -0.4 is 5.32 Å². The Hall–Kier alpha value is -3.02. The molecule has 11 heteroatoms. The molecule has 0 saturated carbocycles. The Labute approximate surface area is 182 Å². The molecule has 1 aromatic carbocycles. The molecular weight excluding hydrogens is 424 g/mol. The molecule has 9 nitrogen and oxygen atoms in total. The van der Waals surface area contributed by atoms with Gasteiger partial charge >= 0.3 is 0 Å². The molecule has 1 fully saturated rings. The number of aromatic nitrogens is 2. The Bertz CT molecular complexity index is 1070. The highest BCUT2D eigenvalue weighted by Crippen LogP contribution is 2.28. The number of likely N-dealkylation sites (N-methyl/N-ethyl adjacent to an activating group) is 1. The summed E-state index contributed by atoms with van der Waals surface area (Å²) in [4.78, 5) is 27.2. The number of aliphatic hydroxyl groups is 2. The highest BCUT2D eigenvalue weighted by molar-refractivity contribution is 6.47. The first-order valence-electron chi connectivity index (χ1n) is 10.1. The van der Waals surface area contributed by atoms with E-state index in [0.29, 0.717) is 11.3 Å². The lowest BCUT2D eigenvalue weighted by Crippen LogP contribution is -2.51. The van der Waals surface area contributed by atoms with Gasteiger partial charge in [-0.2, -0.15) is 0 Å². The number of ether oxygens (including phenoxy) is 1. The van der Waals surface area contributed by atoms with E-state index in [1.54, 1.807) is 6.92 Å². The van der Waals surface area contributed by atoms with Gasteiger partial charge in [-0.15, -0.1) is 0 Å². The second-order valence-electron chi connectivity index (χ2n) is 7.81. The van der Waals surface area contributed by atoms with E-state index in [4.69, 9.17) is 4.74 Å². The molecule has 0 spiro atoms. The molecule has 4 rings (SSSR count). The molecule has 3 heterocycles. The van der Waals surface area contributed by atoms with Crippen LogP contribution in [0.5, 0.6) is 0 Å². The summed E-state index contributed by atoms with van der Waals surface area (Å²) in [5.74, 6) is -1.48. The van der Waals surface area contributed by atoms with Crippen molar-refractivity contribution in [3.8, 4) is 0 Å². The highest BCUT2D eigenvalue weighted by Gasteiger charge is 2.35. The standard InChI is InChI=1S/C21H23F2N5O4/c1-10(12-5-11(22)3-4-13(12)23)28(2)21(31)18-17-14(6-24-18)25-9-26-20(17)27-15-7-32-8-16(29)19(15)30/h3-5,9-10,15-16,19,29-30H,6-8H2,1-2H3,(H,25,26,27)/t10-,15-,16-,19+/m1/s1. The van der Waals surface area contributed by atoms with E-state index in [1.807, 2.05) is 0 Å². The van der Waals surface area contributed by atoms with Crippen LogP contribution >= 0.6 is 0 Å². The number of hydrogen-bond donors (Lipinski definition) is 3. The summed E-state index contributed by atoms with van der Waals surface area (Å²) in [6.07, 6.45) is -0.838. The van der Waals surface area contributed by atoms with Gasteiger partial charge in [-0.1, -0.05) is 0 Å². The topological polar surface area (TPSA) is 120 Å². The molecule has 32 heavy (non-hydrogen) atoms. The Morgan fingerprint density at radius 3 is 2.84 bits per heavy atom. The normalized spacial score (nSPS) is 23.3. The Kier molecular flexibility index (Phi) is 6.13. The van der Waals surface area contributed by atoms with E-state index in [9.17, 15) is 23.8 Å². The van der Waals surface area contributed by atoms with Gasteiger partial charge < -0.3 is 25.2 Å². The van der Waals surface area contributed by atoms with Crippen LogP contribution in [0.25, 0.3) is 0 Å². The van der Waals surface area contributed by atoms with Crippen molar-refractivity contribution < 1.29 is 28.5 Å². The maximum absolute atomic E-state index is 14.2. The van der Waals surface area contributed by atoms with E-state index >= 15 is 0 Å². The fourth-order valence-electron chi connectivity index (χ4n) is 3.78. The Balaban J connectivity index is 1.59. The van der Waals surface area contributed by atoms with E-state index < -0.39 is 41.8 Å². The third-order valence-corrected chi connectivity index (χ3v) is 5.78. The van der Waals surface area contributed by atoms with Crippen molar-refractivity contribution in [3.05, 3.63) is 53.0 Å². The minimum Gasteiger partial charge on any atom is -0.388 e. The molecule has 0 bridgehead atoms. The fraction of sp³-hybridized carbons (Fsp3) is 0.429. The van der Waals surface area contributed by atoms with Gasteiger partial charge in [0.1, 0.15) is 41.7 Å². The van der Waals surface area contributed by atoms with Gasteiger partial charge in [-0.3, -0.25) is 9.79 Å². The molecule has 4 atom stereocenters. The number of carbonyl (C=O) groups is 1. The number of benzene rings is 1. The van der Waals surface area contributed by atoms with Crippen LogP contribution in [0.1, 0.15) is 29.8 Å².